The fourth-order valence-electron chi connectivity index (χ4n) is 2.50. The summed E-state index contributed by atoms with van der Waals surface area (Å²) in [7, 11) is -3.64. The number of nitrogens with two attached hydrogens (primary N) is 1. The molecule has 0 radical (unpaired) electrons. The van der Waals surface area contributed by atoms with Crippen molar-refractivity contribution in [1.82, 2.24) is 4.31 Å². The first-order valence-electron chi connectivity index (χ1n) is 6.53. The Morgan fingerprint density at radius 1 is 1.25 bits per heavy atom. The summed E-state index contributed by atoms with van der Waals surface area (Å²) in [4.78, 5) is 0.00239. The van der Waals surface area contributed by atoms with Crippen molar-refractivity contribution in [3.8, 4) is 0 Å². The fourth-order valence-corrected chi connectivity index (χ4v) is 5.06. The third-order valence-corrected chi connectivity index (χ3v) is 6.61. The topological polar surface area (TPSA) is 63.4 Å². The van der Waals surface area contributed by atoms with Crippen molar-refractivity contribution in [1.29, 1.82) is 0 Å². The minimum Gasteiger partial charge on any atom is -0.328 e. The van der Waals surface area contributed by atoms with E-state index in [2.05, 4.69) is 0 Å². The van der Waals surface area contributed by atoms with Crippen LogP contribution in [-0.4, -0.2) is 31.9 Å². The third kappa shape index (κ3) is 3.12. The second-order valence-corrected chi connectivity index (χ2v) is 7.84. The predicted molar refractivity (Wildman–Crippen MR) is 81.6 cm³/mol. The second-order valence-electron chi connectivity index (χ2n) is 5.15. The Bertz CT molecular complexity index is 562. The van der Waals surface area contributed by atoms with Crippen molar-refractivity contribution in [2.45, 2.75) is 30.7 Å². The summed E-state index contributed by atoms with van der Waals surface area (Å²) in [6.45, 7) is 2.87. The van der Waals surface area contributed by atoms with Crippen LogP contribution in [0.5, 0.6) is 0 Å². The van der Waals surface area contributed by atoms with Crippen LogP contribution < -0.4 is 5.73 Å². The quantitative estimate of drug-likeness (QED) is 0.922. The van der Waals surface area contributed by atoms with Crippen LogP contribution in [0, 0.1) is 5.92 Å². The van der Waals surface area contributed by atoms with Gasteiger partial charge in [-0.3, -0.25) is 0 Å². The third-order valence-electron chi connectivity index (χ3n) is 3.76. The molecule has 0 amide bonds. The van der Waals surface area contributed by atoms with Crippen LogP contribution in [0.4, 0.5) is 0 Å². The maximum atomic E-state index is 12.6. The zero-order chi connectivity index (χ0) is 14.9. The Morgan fingerprint density at radius 2 is 1.75 bits per heavy atom. The van der Waals surface area contributed by atoms with Crippen LogP contribution in [0.25, 0.3) is 0 Å². The van der Waals surface area contributed by atoms with Crippen molar-refractivity contribution >= 4 is 33.2 Å². The van der Waals surface area contributed by atoms with Crippen molar-refractivity contribution in [2.24, 2.45) is 11.7 Å². The smallest absolute Gasteiger partial charge is 0.246 e. The molecule has 1 saturated heterocycles. The minimum atomic E-state index is -3.64. The maximum Gasteiger partial charge on any atom is 0.246 e. The molecule has 1 aliphatic rings. The zero-order valence-electron chi connectivity index (χ0n) is 11.2. The SMILES string of the molecule is CC(N)C1CCN(S(=O)(=O)c2c(Cl)cccc2Cl)CC1. The summed E-state index contributed by atoms with van der Waals surface area (Å²) in [6, 6.07) is 4.79. The molecular weight excluding hydrogens is 319 g/mol. The Labute approximate surface area is 129 Å². The molecule has 1 aromatic rings. The number of sulfonamides is 1. The summed E-state index contributed by atoms with van der Waals surface area (Å²) in [5.41, 5.74) is 5.87. The lowest BCUT2D eigenvalue weighted by Gasteiger charge is -2.33. The van der Waals surface area contributed by atoms with E-state index >= 15 is 0 Å². The molecule has 0 bridgehead atoms. The van der Waals surface area contributed by atoms with E-state index in [4.69, 9.17) is 28.9 Å². The molecule has 1 aromatic carbocycles. The highest BCUT2D eigenvalue weighted by atomic mass is 35.5. The first-order valence-corrected chi connectivity index (χ1v) is 8.73. The van der Waals surface area contributed by atoms with Gasteiger partial charge in [0.2, 0.25) is 10.0 Å². The van der Waals surface area contributed by atoms with Crippen LogP contribution in [0.1, 0.15) is 19.8 Å². The number of piperidine rings is 1. The standard InChI is InChI=1S/C13H18Cl2N2O2S/c1-9(16)10-5-7-17(8-6-10)20(18,19)13-11(14)3-2-4-12(13)15/h2-4,9-10H,5-8,16H2,1H3. The van der Waals surface area contributed by atoms with Gasteiger partial charge in [0, 0.05) is 19.1 Å². The molecule has 0 aliphatic carbocycles. The van der Waals surface area contributed by atoms with Gasteiger partial charge in [0.15, 0.2) is 0 Å². The lowest BCUT2D eigenvalue weighted by molar-refractivity contribution is 0.251. The molecule has 4 nitrogen and oxygen atoms in total. The van der Waals surface area contributed by atoms with Crippen molar-refractivity contribution in [3.63, 3.8) is 0 Å². The summed E-state index contributed by atoms with van der Waals surface area (Å²) >= 11 is 12.0. The van der Waals surface area contributed by atoms with Gasteiger partial charge in [0.05, 0.1) is 10.0 Å². The van der Waals surface area contributed by atoms with E-state index in [1.165, 1.54) is 16.4 Å². The number of halogens is 2. The highest BCUT2D eigenvalue weighted by Gasteiger charge is 2.33. The van der Waals surface area contributed by atoms with Gasteiger partial charge in [0.25, 0.3) is 0 Å². The van der Waals surface area contributed by atoms with Gasteiger partial charge in [-0.05, 0) is 37.8 Å². The predicted octanol–water partition coefficient (Wildman–Crippen LogP) is 2.74. The number of hydrogen-bond donors (Lipinski definition) is 1. The highest BCUT2D eigenvalue weighted by Crippen LogP contribution is 2.33. The van der Waals surface area contributed by atoms with E-state index in [0.717, 1.165) is 12.8 Å². The van der Waals surface area contributed by atoms with Crippen molar-refractivity contribution in [2.75, 3.05) is 13.1 Å². The second kappa shape index (κ2) is 6.20. The van der Waals surface area contributed by atoms with E-state index in [-0.39, 0.29) is 21.0 Å². The molecule has 20 heavy (non-hydrogen) atoms. The molecule has 112 valence electrons. The number of rotatable bonds is 3. The van der Waals surface area contributed by atoms with Gasteiger partial charge in [-0.1, -0.05) is 29.3 Å². The Morgan fingerprint density at radius 3 is 2.20 bits per heavy atom. The van der Waals surface area contributed by atoms with E-state index in [0.29, 0.717) is 19.0 Å². The molecule has 1 aliphatic heterocycles. The normalized spacial score (nSPS) is 20.0. The zero-order valence-corrected chi connectivity index (χ0v) is 13.5. The molecule has 1 unspecified atom stereocenters. The highest BCUT2D eigenvalue weighted by molar-refractivity contribution is 7.89. The lowest BCUT2D eigenvalue weighted by Crippen LogP contribution is -2.42. The average molecular weight is 337 g/mol. The first kappa shape index (κ1) is 16.0. The molecule has 7 heteroatoms. The Kier molecular flexibility index (Phi) is 4.97. The molecule has 0 aromatic heterocycles. The Hall–Kier alpha value is -0.330. The van der Waals surface area contributed by atoms with Gasteiger partial charge >= 0.3 is 0 Å². The largest absolute Gasteiger partial charge is 0.328 e. The molecule has 0 spiro atoms. The summed E-state index contributed by atoms with van der Waals surface area (Å²) < 4.78 is 26.7. The first-order chi connectivity index (χ1) is 9.34. The number of hydrogen-bond acceptors (Lipinski definition) is 3. The van der Waals surface area contributed by atoms with Gasteiger partial charge in [-0.2, -0.15) is 4.31 Å². The molecule has 1 heterocycles. The van der Waals surface area contributed by atoms with Gasteiger partial charge in [-0.15, -0.1) is 0 Å². The summed E-state index contributed by atoms with van der Waals surface area (Å²) in [5.74, 6) is 0.364. The van der Waals surface area contributed by atoms with Crippen LogP contribution >= 0.6 is 23.2 Å². The van der Waals surface area contributed by atoms with Crippen LogP contribution in [0.3, 0.4) is 0 Å². The molecule has 2 rings (SSSR count). The monoisotopic (exact) mass is 336 g/mol. The van der Waals surface area contributed by atoms with E-state index in [1.54, 1.807) is 6.07 Å². The van der Waals surface area contributed by atoms with E-state index < -0.39 is 10.0 Å². The van der Waals surface area contributed by atoms with E-state index in [1.807, 2.05) is 6.92 Å². The number of benzene rings is 1. The van der Waals surface area contributed by atoms with Gasteiger partial charge in [0.1, 0.15) is 4.90 Å². The molecule has 0 saturated carbocycles. The van der Waals surface area contributed by atoms with Crippen LogP contribution in [-0.2, 0) is 10.0 Å². The van der Waals surface area contributed by atoms with Crippen LogP contribution in [0.2, 0.25) is 10.0 Å². The van der Waals surface area contributed by atoms with E-state index in [9.17, 15) is 8.42 Å². The Balaban J connectivity index is 2.25. The van der Waals surface area contributed by atoms with Crippen LogP contribution in [0.15, 0.2) is 23.1 Å². The molecule has 2 N–H and O–H groups in total. The summed E-state index contributed by atoms with van der Waals surface area (Å²) in [5, 5.41) is 0.318. The minimum absolute atomic E-state index is 0.00239. The number of nitrogens with zero attached hydrogens (tertiary/aromatic N) is 1. The summed E-state index contributed by atoms with van der Waals surface area (Å²) in [6.07, 6.45) is 1.53. The maximum absolute atomic E-state index is 12.6. The van der Waals surface area contributed by atoms with Gasteiger partial charge in [-0.25, -0.2) is 8.42 Å². The molecule has 1 atom stereocenters. The average Bonchev–Trinajstić information content (AvgIpc) is 2.38. The van der Waals surface area contributed by atoms with Crippen molar-refractivity contribution < 1.29 is 8.42 Å². The lowest BCUT2D eigenvalue weighted by atomic mass is 9.92. The fraction of sp³-hybridized carbons (Fsp3) is 0.538. The molecule has 1 fully saturated rings. The van der Waals surface area contributed by atoms with Gasteiger partial charge < -0.3 is 5.73 Å². The molecular formula is C13H18Cl2N2O2S. The van der Waals surface area contributed by atoms with Crippen molar-refractivity contribution in [3.05, 3.63) is 28.2 Å².